The average Bonchev–Trinajstić information content (AvgIpc) is 3.02. The molecule has 5 rings (SSSR count). The zero-order valence-corrected chi connectivity index (χ0v) is 23.5. The molecule has 2 N–H and O–H groups in total. The smallest absolute Gasteiger partial charge is 0.231 e. The number of anilines is 2. The van der Waals surface area contributed by atoms with Gasteiger partial charge in [-0.1, -0.05) is 6.42 Å². The van der Waals surface area contributed by atoms with Crippen LogP contribution in [0, 0.1) is 0 Å². The highest BCUT2D eigenvalue weighted by Gasteiger charge is 2.27. The Morgan fingerprint density at radius 1 is 0.714 bits per heavy atom. The zero-order valence-electron chi connectivity index (χ0n) is 23.5. The number of carbonyl (C=O) groups is 2. The van der Waals surface area contributed by atoms with Crippen molar-refractivity contribution in [1.82, 2.24) is 30.4 Å². The molecule has 0 aromatic carbocycles. The van der Waals surface area contributed by atoms with Crippen LogP contribution in [0.5, 0.6) is 11.5 Å². The van der Waals surface area contributed by atoms with Crippen LogP contribution < -0.4 is 20.1 Å². The molecule has 12 nitrogen and oxygen atoms in total. The Bertz CT molecular complexity index is 1400. The van der Waals surface area contributed by atoms with Gasteiger partial charge in [0.2, 0.25) is 11.8 Å². The minimum atomic E-state index is -0.249. The SMILES string of the molecule is COc1cccnc1CC(=O)Nc1ccc([C@H]2CCC[C@H](c3ccc(NC(=O)Cc4ncccc4OC)nn3)C2)nn1. The van der Waals surface area contributed by atoms with E-state index in [0.717, 1.165) is 37.1 Å². The van der Waals surface area contributed by atoms with Gasteiger partial charge in [-0.05, 0) is 67.8 Å². The molecule has 2 atom stereocenters. The molecule has 4 heterocycles. The number of amides is 2. The highest BCUT2D eigenvalue weighted by molar-refractivity contribution is 5.92. The summed E-state index contributed by atoms with van der Waals surface area (Å²) in [5.74, 6) is 1.83. The van der Waals surface area contributed by atoms with Crippen molar-refractivity contribution in [3.05, 3.63) is 83.7 Å². The van der Waals surface area contributed by atoms with Crippen molar-refractivity contribution in [3.8, 4) is 11.5 Å². The highest BCUT2D eigenvalue weighted by atomic mass is 16.5. The second-order valence-electron chi connectivity index (χ2n) is 10.0. The zero-order chi connectivity index (χ0) is 29.3. The molecule has 0 saturated heterocycles. The van der Waals surface area contributed by atoms with E-state index in [9.17, 15) is 9.59 Å². The third-order valence-electron chi connectivity index (χ3n) is 7.21. The van der Waals surface area contributed by atoms with Crippen LogP contribution in [0.15, 0.2) is 60.9 Å². The molecule has 1 saturated carbocycles. The van der Waals surface area contributed by atoms with Gasteiger partial charge in [0, 0.05) is 24.2 Å². The minimum absolute atomic E-state index is 0.0697. The Kier molecular flexibility index (Phi) is 9.22. The quantitative estimate of drug-likeness (QED) is 0.288. The van der Waals surface area contributed by atoms with E-state index in [4.69, 9.17) is 9.47 Å². The molecule has 4 aromatic heterocycles. The fourth-order valence-electron chi connectivity index (χ4n) is 5.14. The normalized spacial score (nSPS) is 16.3. The van der Waals surface area contributed by atoms with E-state index in [-0.39, 0.29) is 36.5 Å². The Morgan fingerprint density at radius 3 is 1.60 bits per heavy atom. The predicted octanol–water partition coefficient (Wildman–Crippen LogP) is 3.88. The van der Waals surface area contributed by atoms with Crippen LogP contribution in [0.4, 0.5) is 11.6 Å². The number of methoxy groups -OCH3 is 2. The molecule has 0 aliphatic heterocycles. The summed E-state index contributed by atoms with van der Waals surface area (Å²) in [4.78, 5) is 33.5. The number of pyridine rings is 2. The summed E-state index contributed by atoms with van der Waals surface area (Å²) in [7, 11) is 3.09. The number of aromatic nitrogens is 6. The second-order valence-corrected chi connectivity index (χ2v) is 10.0. The van der Waals surface area contributed by atoms with Gasteiger partial charge in [0.15, 0.2) is 11.6 Å². The topological polar surface area (TPSA) is 154 Å². The van der Waals surface area contributed by atoms with E-state index in [0.29, 0.717) is 34.5 Å². The molecule has 0 spiro atoms. The molecule has 2 amide bonds. The summed E-state index contributed by atoms with van der Waals surface area (Å²) in [5.41, 5.74) is 2.87. The van der Waals surface area contributed by atoms with Crippen LogP contribution in [0.3, 0.4) is 0 Å². The maximum atomic E-state index is 12.5. The third kappa shape index (κ3) is 7.19. The van der Waals surface area contributed by atoms with Gasteiger partial charge in [0.05, 0.1) is 49.8 Å². The molecular weight excluding hydrogens is 536 g/mol. The molecular formula is C30H32N8O4. The molecule has 0 radical (unpaired) electrons. The van der Waals surface area contributed by atoms with Crippen LogP contribution in [0.25, 0.3) is 0 Å². The predicted molar refractivity (Wildman–Crippen MR) is 154 cm³/mol. The monoisotopic (exact) mass is 568 g/mol. The molecule has 42 heavy (non-hydrogen) atoms. The van der Waals surface area contributed by atoms with Crippen molar-refractivity contribution >= 4 is 23.5 Å². The van der Waals surface area contributed by atoms with Gasteiger partial charge in [-0.2, -0.15) is 10.2 Å². The van der Waals surface area contributed by atoms with Gasteiger partial charge in [0.1, 0.15) is 11.5 Å². The van der Waals surface area contributed by atoms with Gasteiger partial charge >= 0.3 is 0 Å². The maximum absolute atomic E-state index is 12.5. The molecule has 1 fully saturated rings. The van der Waals surface area contributed by atoms with Crippen molar-refractivity contribution in [3.63, 3.8) is 0 Å². The lowest BCUT2D eigenvalue weighted by molar-refractivity contribution is -0.116. The van der Waals surface area contributed by atoms with Crippen LogP contribution >= 0.6 is 0 Å². The molecule has 1 aliphatic carbocycles. The van der Waals surface area contributed by atoms with Gasteiger partial charge in [-0.15, -0.1) is 10.2 Å². The molecule has 4 aromatic rings. The van der Waals surface area contributed by atoms with Crippen LogP contribution in [0.2, 0.25) is 0 Å². The van der Waals surface area contributed by atoms with E-state index >= 15 is 0 Å². The van der Waals surface area contributed by atoms with Gasteiger partial charge in [0.25, 0.3) is 0 Å². The molecule has 0 bridgehead atoms. The first-order valence-electron chi connectivity index (χ1n) is 13.7. The fourth-order valence-corrected chi connectivity index (χ4v) is 5.14. The van der Waals surface area contributed by atoms with Crippen molar-refractivity contribution in [2.75, 3.05) is 24.9 Å². The molecule has 12 heteroatoms. The summed E-state index contributed by atoms with van der Waals surface area (Å²) < 4.78 is 10.5. The van der Waals surface area contributed by atoms with Crippen molar-refractivity contribution in [2.45, 2.75) is 50.4 Å². The second kappa shape index (κ2) is 13.6. The lowest BCUT2D eigenvalue weighted by atomic mass is 9.78. The Labute approximate surface area is 243 Å². The fraction of sp³-hybridized carbons (Fsp3) is 0.333. The number of nitrogens with one attached hydrogen (secondary N) is 2. The lowest BCUT2D eigenvalue weighted by Crippen LogP contribution is -2.19. The van der Waals surface area contributed by atoms with Crippen molar-refractivity contribution < 1.29 is 19.1 Å². The van der Waals surface area contributed by atoms with E-state index < -0.39 is 0 Å². The van der Waals surface area contributed by atoms with Gasteiger partial charge in [-0.3, -0.25) is 19.6 Å². The first kappa shape index (κ1) is 28.5. The average molecular weight is 569 g/mol. The number of rotatable bonds is 10. The standard InChI is InChI=1S/C30H32N8O4/c1-41-25-8-4-14-31-23(25)17-29(39)33-27-12-10-21(35-37-27)19-6-3-7-20(16-19)22-11-13-28(38-36-22)34-30(40)18-24-26(42-2)9-5-15-32-24/h4-5,8-15,19-20H,3,6-7,16-18H2,1-2H3,(H,33,37,39)(H,34,38,40)/t19-,20-/m0/s1. The van der Waals surface area contributed by atoms with Crippen molar-refractivity contribution in [2.24, 2.45) is 0 Å². The van der Waals surface area contributed by atoms with E-state index in [2.05, 4.69) is 41.0 Å². The third-order valence-corrected chi connectivity index (χ3v) is 7.21. The molecule has 1 aliphatic rings. The summed E-state index contributed by atoms with van der Waals surface area (Å²) in [6, 6.07) is 14.4. The largest absolute Gasteiger partial charge is 0.495 e. The summed E-state index contributed by atoms with van der Waals surface area (Å²) in [5, 5.41) is 22.9. The minimum Gasteiger partial charge on any atom is -0.495 e. The van der Waals surface area contributed by atoms with Crippen LogP contribution in [-0.2, 0) is 22.4 Å². The number of nitrogens with zero attached hydrogens (tertiary/aromatic N) is 6. The van der Waals surface area contributed by atoms with E-state index in [1.165, 1.54) is 0 Å². The number of hydrogen-bond donors (Lipinski definition) is 2. The Balaban J connectivity index is 1.14. The molecule has 0 unspecified atom stereocenters. The van der Waals surface area contributed by atoms with Crippen LogP contribution in [-0.4, -0.2) is 56.4 Å². The highest BCUT2D eigenvalue weighted by Crippen LogP contribution is 2.40. The van der Waals surface area contributed by atoms with Gasteiger partial charge in [-0.25, -0.2) is 0 Å². The maximum Gasteiger partial charge on any atom is 0.231 e. The summed E-state index contributed by atoms with van der Waals surface area (Å²) >= 11 is 0. The Hall–Kier alpha value is -5.00. The number of hydrogen-bond acceptors (Lipinski definition) is 10. The van der Waals surface area contributed by atoms with Crippen LogP contribution in [0.1, 0.15) is 60.3 Å². The van der Waals surface area contributed by atoms with E-state index in [1.807, 2.05) is 12.1 Å². The number of carbonyl (C=O) groups excluding carboxylic acids is 2. The Morgan fingerprint density at radius 2 is 1.19 bits per heavy atom. The van der Waals surface area contributed by atoms with Gasteiger partial charge < -0.3 is 20.1 Å². The molecule has 216 valence electrons. The van der Waals surface area contributed by atoms with E-state index in [1.54, 1.807) is 63.0 Å². The summed E-state index contributed by atoms with van der Waals surface area (Å²) in [6.45, 7) is 0. The number of ether oxygens (including phenoxy) is 2. The van der Waals surface area contributed by atoms with Crippen molar-refractivity contribution in [1.29, 1.82) is 0 Å². The summed E-state index contributed by atoms with van der Waals surface area (Å²) in [6.07, 6.45) is 7.26. The lowest BCUT2D eigenvalue weighted by Gasteiger charge is -2.28. The first-order chi connectivity index (χ1) is 20.5. The first-order valence-corrected chi connectivity index (χ1v) is 13.7.